The van der Waals surface area contributed by atoms with Crippen molar-refractivity contribution in [1.29, 1.82) is 0 Å². The molecule has 0 bridgehead atoms. The Labute approximate surface area is 224 Å². The molecule has 4 aromatic heterocycles. The Morgan fingerprint density at radius 2 is 1.92 bits per heavy atom. The van der Waals surface area contributed by atoms with Crippen LogP contribution in [0.5, 0.6) is 11.5 Å². The number of nitrogens with zero attached hydrogens (tertiary/aromatic N) is 8. The van der Waals surface area contributed by atoms with Gasteiger partial charge in [-0.05, 0) is 61.7 Å². The molecule has 1 aromatic carbocycles. The largest absolute Gasteiger partial charge is 0.457 e. The van der Waals surface area contributed by atoms with E-state index in [1.165, 1.54) is 6.33 Å². The van der Waals surface area contributed by atoms with Crippen LogP contribution in [0.2, 0.25) is 0 Å². The van der Waals surface area contributed by atoms with Gasteiger partial charge in [0, 0.05) is 49.5 Å². The van der Waals surface area contributed by atoms with Gasteiger partial charge in [-0.1, -0.05) is 0 Å². The number of likely N-dealkylation sites (tertiary alicyclic amines) is 1. The first-order valence-corrected chi connectivity index (χ1v) is 13.0. The molecule has 2 aliphatic heterocycles. The van der Waals surface area contributed by atoms with Crippen molar-refractivity contribution in [2.45, 2.75) is 19.8 Å². The molecule has 2 fully saturated rings. The van der Waals surface area contributed by atoms with E-state index in [1.54, 1.807) is 10.8 Å². The summed E-state index contributed by atoms with van der Waals surface area (Å²) in [5, 5.41) is 7.54. The molecule has 6 heterocycles. The number of ether oxygens (including phenoxy) is 1. The van der Waals surface area contributed by atoms with Crippen LogP contribution in [0.1, 0.15) is 18.4 Å². The highest BCUT2D eigenvalue weighted by Crippen LogP contribution is 2.40. The summed E-state index contributed by atoms with van der Waals surface area (Å²) in [7, 11) is 0. The van der Waals surface area contributed by atoms with E-state index in [9.17, 15) is 4.79 Å². The van der Waals surface area contributed by atoms with Gasteiger partial charge in [-0.3, -0.25) is 4.79 Å². The molecule has 1 amide bonds. The average Bonchev–Trinajstić information content (AvgIpc) is 3.70. The Kier molecular flexibility index (Phi) is 5.50. The molecule has 39 heavy (non-hydrogen) atoms. The third-order valence-electron chi connectivity index (χ3n) is 7.76. The number of aryl methyl sites for hydroxylation is 1. The standard InChI is InChI=1S/C28H27N9O2/c1-19-12-20(2-4-23(19)39-21-6-9-37-25(13-21)30-17-32-37)33-27-26-22(29-16-31-27)3-5-24(34-26)36-11-8-28(15-36)7-10-35(14-28)18-38/h2-6,9,12-13,16-18H,7-8,10-11,14-15H2,1H3,(H,29,31,33). The molecule has 5 aromatic rings. The first-order valence-electron chi connectivity index (χ1n) is 13.0. The van der Waals surface area contributed by atoms with Crippen molar-refractivity contribution in [3.63, 3.8) is 0 Å². The van der Waals surface area contributed by atoms with Crippen molar-refractivity contribution < 1.29 is 9.53 Å². The van der Waals surface area contributed by atoms with E-state index in [1.807, 2.05) is 60.5 Å². The number of hydrogen-bond acceptors (Lipinski definition) is 9. The molecule has 1 spiro atoms. The SMILES string of the molecule is Cc1cc(Nc2ncnc3ccc(N4CCC5(CCN(C=O)C5)C4)nc23)ccc1Oc1ccn2ncnc2c1. The zero-order chi connectivity index (χ0) is 26.4. The first-order chi connectivity index (χ1) is 19.1. The molecular weight excluding hydrogens is 494 g/mol. The molecule has 7 rings (SSSR count). The average molecular weight is 522 g/mol. The number of carbonyl (C=O) groups excluding carboxylic acids is 1. The van der Waals surface area contributed by atoms with Crippen molar-refractivity contribution in [1.82, 2.24) is 34.4 Å². The van der Waals surface area contributed by atoms with Gasteiger partial charge < -0.3 is 19.9 Å². The second-order valence-corrected chi connectivity index (χ2v) is 10.4. The van der Waals surface area contributed by atoms with Crippen molar-refractivity contribution in [2.24, 2.45) is 5.41 Å². The van der Waals surface area contributed by atoms with Gasteiger partial charge in [-0.15, -0.1) is 0 Å². The molecule has 1 atom stereocenters. The number of rotatable bonds is 6. The number of amides is 1. The minimum Gasteiger partial charge on any atom is -0.457 e. The van der Waals surface area contributed by atoms with Gasteiger partial charge in [0.1, 0.15) is 35.5 Å². The lowest BCUT2D eigenvalue weighted by Crippen LogP contribution is -2.30. The van der Waals surface area contributed by atoms with Gasteiger partial charge >= 0.3 is 0 Å². The van der Waals surface area contributed by atoms with Crippen LogP contribution in [-0.4, -0.2) is 67.0 Å². The Morgan fingerprint density at radius 1 is 1.00 bits per heavy atom. The molecule has 2 saturated heterocycles. The number of hydrogen-bond donors (Lipinski definition) is 1. The van der Waals surface area contributed by atoms with Gasteiger partial charge in [0.05, 0.1) is 5.52 Å². The summed E-state index contributed by atoms with van der Waals surface area (Å²) >= 11 is 0. The molecule has 0 saturated carbocycles. The number of carbonyl (C=O) groups is 1. The van der Waals surface area contributed by atoms with Crippen LogP contribution in [-0.2, 0) is 4.79 Å². The van der Waals surface area contributed by atoms with Gasteiger partial charge in [-0.2, -0.15) is 5.10 Å². The lowest BCUT2D eigenvalue weighted by atomic mass is 9.86. The highest BCUT2D eigenvalue weighted by atomic mass is 16.5. The van der Waals surface area contributed by atoms with Crippen LogP contribution < -0.4 is 15.0 Å². The monoisotopic (exact) mass is 521 g/mol. The van der Waals surface area contributed by atoms with Crippen LogP contribution in [0.3, 0.4) is 0 Å². The Morgan fingerprint density at radius 3 is 2.79 bits per heavy atom. The van der Waals surface area contributed by atoms with E-state index in [4.69, 9.17) is 9.72 Å². The van der Waals surface area contributed by atoms with E-state index in [0.29, 0.717) is 11.6 Å². The summed E-state index contributed by atoms with van der Waals surface area (Å²) in [4.78, 5) is 33.6. The second-order valence-electron chi connectivity index (χ2n) is 10.4. The lowest BCUT2D eigenvalue weighted by molar-refractivity contribution is -0.117. The Balaban J connectivity index is 1.11. The smallest absolute Gasteiger partial charge is 0.209 e. The molecule has 0 radical (unpaired) electrons. The van der Waals surface area contributed by atoms with Crippen molar-refractivity contribution in [3.8, 4) is 11.5 Å². The quantitative estimate of drug-likeness (QED) is 0.332. The van der Waals surface area contributed by atoms with Crippen molar-refractivity contribution in [2.75, 3.05) is 36.4 Å². The summed E-state index contributed by atoms with van der Waals surface area (Å²) in [5.74, 6) is 3.00. The van der Waals surface area contributed by atoms with E-state index >= 15 is 0 Å². The van der Waals surface area contributed by atoms with E-state index < -0.39 is 0 Å². The molecule has 196 valence electrons. The molecule has 1 N–H and O–H groups in total. The third kappa shape index (κ3) is 4.35. The minimum atomic E-state index is 0.161. The van der Waals surface area contributed by atoms with Crippen molar-refractivity contribution >= 4 is 40.4 Å². The number of anilines is 3. The number of fused-ring (bicyclic) bond motifs is 2. The number of benzene rings is 1. The summed E-state index contributed by atoms with van der Waals surface area (Å²) < 4.78 is 7.80. The fourth-order valence-electron chi connectivity index (χ4n) is 5.69. The maximum atomic E-state index is 11.3. The van der Waals surface area contributed by atoms with Crippen LogP contribution in [0.4, 0.5) is 17.3 Å². The zero-order valence-corrected chi connectivity index (χ0v) is 21.5. The fourth-order valence-corrected chi connectivity index (χ4v) is 5.69. The van der Waals surface area contributed by atoms with Crippen LogP contribution in [0.15, 0.2) is 61.3 Å². The van der Waals surface area contributed by atoms with Crippen molar-refractivity contribution in [3.05, 3.63) is 66.9 Å². The number of nitrogens with one attached hydrogen (secondary N) is 1. The predicted molar refractivity (Wildman–Crippen MR) is 146 cm³/mol. The third-order valence-corrected chi connectivity index (χ3v) is 7.76. The minimum absolute atomic E-state index is 0.161. The first kappa shape index (κ1) is 23.3. The summed E-state index contributed by atoms with van der Waals surface area (Å²) in [5.41, 5.74) is 4.22. The summed E-state index contributed by atoms with van der Waals surface area (Å²) in [6.45, 7) is 5.49. The Bertz CT molecular complexity index is 1700. The van der Waals surface area contributed by atoms with E-state index in [2.05, 4.69) is 30.3 Å². The lowest BCUT2D eigenvalue weighted by Gasteiger charge is -2.24. The maximum Gasteiger partial charge on any atom is 0.209 e. The maximum absolute atomic E-state index is 11.3. The highest BCUT2D eigenvalue weighted by molar-refractivity contribution is 5.88. The van der Waals surface area contributed by atoms with Gasteiger partial charge in [0.15, 0.2) is 11.5 Å². The van der Waals surface area contributed by atoms with Gasteiger partial charge in [-0.25, -0.2) is 24.5 Å². The molecule has 0 aliphatic carbocycles. The predicted octanol–water partition coefficient (Wildman–Crippen LogP) is 3.97. The van der Waals surface area contributed by atoms with Crippen LogP contribution >= 0.6 is 0 Å². The molecule has 11 nitrogen and oxygen atoms in total. The normalized spacial score (nSPS) is 18.9. The number of pyridine rings is 2. The van der Waals surface area contributed by atoms with E-state index in [-0.39, 0.29) is 5.41 Å². The number of aromatic nitrogens is 6. The van der Waals surface area contributed by atoms with Gasteiger partial charge in [0.2, 0.25) is 6.41 Å². The Hall–Kier alpha value is -4.80. The van der Waals surface area contributed by atoms with Crippen LogP contribution in [0.25, 0.3) is 16.7 Å². The van der Waals surface area contributed by atoms with Gasteiger partial charge in [0.25, 0.3) is 0 Å². The summed E-state index contributed by atoms with van der Waals surface area (Å²) in [6.07, 6.45) is 7.96. The molecule has 2 aliphatic rings. The second kappa shape index (κ2) is 9.19. The molecular formula is C28H27N9O2. The summed E-state index contributed by atoms with van der Waals surface area (Å²) in [6, 6.07) is 13.6. The highest BCUT2D eigenvalue weighted by Gasteiger charge is 2.43. The van der Waals surface area contributed by atoms with Crippen LogP contribution in [0, 0.1) is 12.3 Å². The fraction of sp³-hybridized carbons (Fsp3) is 0.286. The topological polar surface area (TPSA) is 114 Å². The molecule has 11 heteroatoms. The van der Waals surface area contributed by atoms with E-state index in [0.717, 1.165) is 84.9 Å². The zero-order valence-electron chi connectivity index (χ0n) is 21.5. The molecule has 1 unspecified atom stereocenters.